The van der Waals surface area contributed by atoms with Gasteiger partial charge >= 0.3 is 0 Å². The van der Waals surface area contributed by atoms with Crippen LogP contribution in [-0.2, 0) is 10.0 Å². The number of benzene rings is 1. The van der Waals surface area contributed by atoms with Gasteiger partial charge in [-0.3, -0.25) is 0 Å². The van der Waals surface area contributed by atoms with Crippen molar-refractivity contribution in [2.45, 2.75) is 50.6 Å². The largest absolute Gasteiger partial charge is 0.307 e. The lowest BCUT2D eigenvalue weighted by Crippen LogP contribution is -2.34. The summed E-state index contributed by atoms with van der Waals surface area (Å²) in [5, 5.41) is 8.80. The second-order valence-corrected chi connectivity index (χ2v) is 7.59. The van der Waals surface area contributed by atoms with Crippen LogP contribution < -0.4 is 10.5 Å². The predicted molar refractivity (Wildman–Crippen MR) is 80.7 cm³/mol. The van der Waals surface area contributed by atoms with Gasteiger partial charge in [-0.05, 0) is 49.3 Å². The molecule has 0 aromatic heterocycles. The van der Waals surface area contributed by atoms with Crippen molar-refractivity contribution in [3.63, 3.8) is 0 Å². The summed E-state index contributed by atoms with van der Waals surface area (Å²) in [7, 11) is -3.63. The number of hydrogen-bond acceptors (Lipinski definition) is 3. The third-order valence-electron chi connectivity index (χ3n) is 4.62. The highest BCUT2D eigenvalue weighted by molar-refractivity contribution is 7.89. The van der Waals surface area contributed by atoms with Crippen molar-refractivity contribution in [1.29, 1.82) is 0 Å². The van der Waals surface area contributed by atoms with Crippen LogP contribution >= 0.6 is 0 Å². The number of sulfonamides is 1. The van der Waals surface area contributed by atoms with Crippen LogP contribution in [0.1, 0.15) is 45.2 Å². The molecule has 0 aliphatic heterocycles. The van der Waals surface area contributed by atoms with Crippen LogP contribution in [0.4, 0.5) is 0 Å². The Kier molecular flexibility index (Phi) is 4.52. The number of primary sulfonamides is 1. The van der Waals surface area contributed by atoms with Crippen molar-refractivity contribution >= 4 is 10.0 Å². The zero-order valence-corrected chi connectivity index (χ0v) is 13.2. The third-order valence-corrected chi connectivity index (χ3v) is 5.53. The van der Waals surface area contributed by atoms with Gasteiger partial charge in [-0.1, -0.05) is 26.0 Å². The van der Waals surface area contributed by atoms with Gasteiger partial charge in [-0.2, -0.15) is 0 Å². The summed E-state index contributed by atoms with van der Waals surface area (Å²) >= 11 is 0. The molecule has 4 unspecified atom stereocenters. The Balaban J connectivity index is 2.12. The molecule has 20 heavy (non-hydrogen) atoms. The summed E-state index contributed by atoms with van der Waals surface area (Å²) in [6.45, 7) is 6.64. The lowest BCUT2D eigenvalue weighted by Gasteiger charge is -2.24. The van der Waals surface area contributed by atoms with E-state index >= 15 is 0 Å². The molecule has 0 spiro atoms. The van der Waals surface area contributed by atoms with E-state index in [-0.39, 0.29) is 10.9 Å². The number of hydrogen-bond donors (Lipinski definition) is 2. The zero-order valence-electron chi connectivity index (χ0n) is 12.3. The zero-order chi connectivity index (χ0) is 14.9. The molecule has 1 aliphatic carbocycles. The van der Waals surface area contributed by atoms with Crippen LogP contribution in [0.2, 0.25) is 0 Å². The van der Waals surface area contributed by atoms with E-state index in [0.717, 1.165) is 11.5 Å². The summed E-state index contributed by atoms with van der Waals surface area (Å²) in [6, 6.07) is 7.50. The van der Waals surface area contributed by atoms with Crippen LogP contribution in [-0.4, -0.2) is 14.5 Å². The number of nitrogens with two attached hydrogens (primary N) is 1. The first-order valence-corrected chi connectivity index (χ1v) is 8.72. The molecule has 1 aromatic carbocycles. The normalized spacial score (nSPS) is 28.5. The monoisotopic (exact) mass is 296 g/mol. The topological polar surface area (TPSA) is 72.2 Å². The predicted octanol–water partition coefficient (Wildman–Crippen LogP) is 2.42. The summed E-state index contributed by atoms with van der Waals surface area (Å²) in [5.74, 6) is 1.40. The quantitative estimate of drug-likeness (QED) is 0.896. The smallest absolute Gasteiger partial charge is 0.238 e. The Morgan fingerprint density at radius 2 is 2.00 bits per heavy atom. The molecule has 0 radical (unpaired) electrons. The Hall–Kier alpha value is -0.910. The fraction of sp³-hybridized carbons (Fsp3) is 0.600. The summed E-state index contributed by atoms with van der Waals surface area (Å²) in [6.07, 6.45) is 2.43. The van der Waals surface area contributed by atoms with Crippen LogP contribution in [0.15, 0.2) is 29.2 Å². The lowest BCUT2D eigenvalue weighted by atomic mass is 9.96. The molecule has 0 amide bonds. The SMILES string of the molecule is CC(NC1CCC(C)C1C)c1cccc(S(N)(=O)=O)c1. The molecular formula is C15H24N2O2S. The highest BCUT2D eigenvalue weighted by atomic mass is 32.2. The maximum Gasteiger partial charge on any atom is 0.238 e. The van der Waals surface area contributed by atoms with E-state index < -0.39 is 10.0 Å². The van der Waals surface area contributed by atoms with Gasteiger partial charge in [0.15, 0.2) is 0 Å². The molecule has 1 saturated carbocycles. The van der Waals surface area contributed by atoms with Crippen molar-refractivity contribution in [1.82, 2.24) is 5.32 Å². The van der Waals surface area contributed by atoms with E-state index in [1.165, 1.54) is 18.9 Å². The van der Waals surface area contributed by atoms with Crippen molar-refractivity contribution in [2.24, 2.45) is 17.0 Å². The molecular weight excluding hydrogens is 272 g/mol. The second-order valence-electron chi connectivity index (χ2n) is 6.03. The minimum Gasteiger partial charge on any atom is -0.307 e. The second kappa shape index (κ2) is 5.84. The molecule has 4 atom stereocenters. The minimum absolute atomic E-state index is 0.120. The van der Waals surface area contributed by atoms with Gasteiger partial charge in [0.2, 0.25) is 10.0 Å². The number of rotatable bonds is 4. The molecule has 1 fully saturated rings. The average Bonchev–Trinajstić information content (AvgIpc) is 2.70. The first kappa shape index (κ1) is 15.5. The fourth-order valence-corrected chi connectivity index (χ4v) is 3.55. The summed E-state index contributed by atoms with van der Waals surface area (Å²) in [5.41, 5.74) is 0.961. The molecule has 3 N–H and O–H groups in total. The Labute approximate surface area is 121 Å². The molecule has 4 nitrogen and oxygen atoms in total. The van der Waals surface area contributed by atoms with Gasteiger partial charge in [0.1, 0.15) is 0 Å². The maximum absolute atomic E-state index is 11.4. The van der Waals surface area contributed by atoms with Gasteiger partial charge in [-0.25, -0.2) is 13.6 Å². The van der Waals surface area contributed by atoms with E-state index in [1.54, 1.807) is 12.1 Å². The van der Waals surface area contributed by atoms with E-state index in [0.29, 0.717) is 12.0 Å². The van der Waals surface area contributed by atoms with Crippen molar-refractivity contribution in [2.75, 3.05) is 0 Å². The van der Waals surface area contributed by atoms with E-state index in [1.807, 2.05) is 6.07 Å². The van der Waals surface area contributed by atoms with Crippen LogP contribution in [0.5, 0.6) is 0 Å². The lowest BCUT2D eigenvalue weighted by molar-refractivity contribution is 0.347. The van der Waals surface area contributed by atoms with Gasteiger partial charge in [0.05, 0.1) is 4.90 Å². The van der Waals surface area contributed by atoms with Crippen molar-refractivity contribution < 1.29 is 8.42 Å². The highest BCUT2D eigenvalue weighted by Crippen LogP contribution is 2.32. The summed E-state index contributed by atoms with van der Waals surface area (Å²) in [4.78, 5) is 0.177. The van der Waals surface area contributed by atoms with E-state index in [9.17, 15) is 8.42 Å². The van der Waals surface area contributed by atoms with Crippen molar-refractivity contribution in [3.05, 3.63) is 29.8 Å². The van der Waals surface area contributed by atoms with Crippen molar-refractivity contribution in [3.8, 4) is 0 Å². The standard InChI is InChI=1S/C15H24N2O2S/c1-10-7-8-15(11(10)2)17-12(3)13-5-4-6-14(9-13)20(16,18)19/h4-6,9-12,15,17H,7-8H2,1-3H3,(H2,16,18,19). The Morgan fingerprint density at radius 1 is 1.30 bits per heavy atom. The molecule has 1 aromatic rings. The van der Waals surface area contributed by atoms with Gasteiger partial charge in [-0.15, -0.1) is 0 Å². The first-order valence-electron chi connectivity index (χ1n) is 7.18. The fourth-order valence-electron chi connectivity index (χ4n) is 2.98. The number of nitrogens with one attached hydrogen (secondary N) is 1. The van der Waals surface area contributed by atoms with Crippen LogP contribution in [0, 0.1) is 11.8 Å². The van der Waals surface area contributed by atoms with E-state index in [4.69, 9.17) is 5.14 Å². The maximum atomic E-state index is 11.4. The third kappa shape index (κ3) is 3.40. The van der Waals surface area contributed by atoms with Gasteiger partial charge in [0, 0.05) is 12.1 Å². The molecule has 0 saturated heterocycles. The molecule has 1 aliphatic rings. The van der Waals surface area contributed by atoms with Gasteiger partial charge < -0.3 is 5.32 Å². The average molecular weight is 296 g/mol. The molecule has 5 heteroatoms. The molecule has 0 heterocycles. The van der Waals surface area contributed by atoms with Crippen LogP contribution in [0.3, 0.4) is 0 Å². The first-order chi connectivity index (χ1) is 9.29. The Morgan fingerprint density at radius 3 is 2.55 bits per heavy atom. The molecule has 2 rings (SSSR count). The van der Waals surface area contributed by atoms with E-state index in [2.05, 4.69) is 26.1 Å². The highest BCUT2D eigenvalue weighted by Gasteiger charge is 2.30. The molecule has 0 bridgehead atoms. The summed E-state index contributed by atoms with van der Waals surface area (Å²) < 4.78 is 22.8. The van der Waals surface area contributed by atoms with Gasteiger partial charge in [0.25, 0.3) is 0 Å². The molecule has 112 valence electrons. The minimum atomic E-state index is -3.63. The Bertz CT molecular complexity index is 571. The van der Waals surface area contributed by atoms with Crippen LogP contribution in [0.25, 0.3) is 0 Å².